The van der Waals surface area contributed by atoms with E-state index in [1.165, 1.54) is 0 Å². The van der Waals surface area contributed by atoms with E-state index in [1.54, 1.807) is 24.3 Å². The first-order valence-corrected chi connectivity index (χ1v) is 8.57. The average Bonchev–Trinajstić information content (AvgIpc) is 2.46. The molecule has 0 aromatic heterocycles. The summed E-state index contributed by atoms with van der Waals surface area (Å²) in [5, 5.41) is -0.397. The first-order chi connectivity index (χ1) is 9.88. The molecule has 0 heterocycles. The number of rotatable bonds is 5. The second-order valence-electron chi connectivity index (χ2n) is 5.04. The molecule has 0 radical (unpaired) electrons. The van der Waals surface area contributed by atoms with Crippen LogP contribution in [-0.4, -0.2) is 15.0 Å². The molecule has 1 atom stereocenters. The van der Waals surface area contributed by atoms with Gasteiger partial charge in [-0.15, -0.1) is 11.6 Å². The van der Waals surface area contributed by atoms with Gasteiger partial charge in [-0.25, -0.2) is 13.1 Å². The number of halogens is 1. The Hall–Kier alpha value is -1.36. The SMILES string of the molecule is Cc1ccc([C@@H](Cl)CNS(=O)(=O)c2ccc(C)cc2)cc1. The van der Waals surface area contributed by atoms with Crippen LogP contribution in [0.4, 0.5) is 0 Å². The number of hydrogen-bond acceptors (Lipinski definition) is 2. The number of hydrogen-bond donors (Lipinski definition) is 1. The zero-order valence-corrected chi connectivity index (χ0v) is 13.6. The zero-order chi connectivity index (χ0) is 15.5. The van der Waals surface area contributed by atoms with Gasteiger partial charge in [-0.1, -0.05) is 47.5 Å². The number of alkyl halides is 1. The van der Waals surface area contributed by atoms with Gasteiger partial charge in [0.05, 0.1) is 10.3 Å². The Morgan fingerprint density at radius 2 is 1.43 bits per heavy atom. The van der Waals surface area contributed by atoms with Crippen molar-refractivity contribution in [1.82, 2.24) is 4.72 Å². The fraction of sp³-hybridized carbons (Fsp3) is 0.250. The van der Waals surface area contributed by atoms with Gasteiger partial charge >= 0.3 is 0 Å². The van der Waals surface area contributed by atoms with Gasteiger partial charge in [0.1, 0.15) is 0 Å². The second-order valence-corrected chi connectivity index (χ2v) is 7.34. The molecule has 0 aliphatic heterocycles. The summed E-state index contributed by atoms with van der Waals surface area (Å²) in [5.74, 6) is 0. The van der Waals surface area contributed by atoms with Crippen LogP contribution >= 0.6 is 11.6 Å². The van der Waals surface area contributed by atoms with E-state index in [4.69, 9.17) is 11.6 Å². The molecule has 0 aliphatic carbocycles. The first-order valence-electron chi connectivity index (χ1n) is 6.65. The number of benzene rings is 2. The quantitative estimate of drug-likeness (QED) is 0.855. The maximum Gasteiger partial charge on any atom is 0.240 e. The Kier molecular flexibility index (Phi) is 5.04. The third-order valence-electron chi connectivity index (χ3n) is 3.22. The molecule has 0 saturated carbocycles. The molecule has 112 valence electrons. The van der Waals surface area contributed by atoms with Crippen LogP contribution in [0, 0.1) is 13.8 Å². The Balaban J connectivity index is 2.04. The van der Waals surface area contributed by atoms with Gasteiger partial charge in [0.15, 0.2) is 0 Å². The summed E-state index contributed by atoms with van der Waals surface area (Å²) in [6, 6.07) is 14.5. The van der Waals surface area contributed by atoms with Crippen LogP contribution in [0.3, 0.4) is 0 Å². The van der Waals surface area contributed by atoms with E-state index >= 15 is 0 Å². The molecular weight excluding hydrogens is 306 g/mol. The summed E-state index contributed by atoms with van der Waals surface area (Å²) >= 11 is 6.25. The Morgan fingerprint density at radius 3 is 1.95 bits per heavy atom. The van der Waals surface area contributed by atoms with Crippen LogP contribution in [0.2, 0.25) is 0 Å². The van der Waals surface area contributed by atoms with Gasteiger partial charge in [-0.05, 0) is 31.5 Å². The third kappa shape index (κ3) is 4.30. The molecule has 2 aromatic carbocycles. The molecule has 2 aromatic rings. The van der Waals surface area contributed by atoms with Crippen LogP contribution in [-0.2, 0) is 10.0 Å². The highest BCUT2D eigenvalue weighted by Crippen LogP contribution is 2.20. The van der Waals surface area contributed by atoms with Crippen molar-refractivity contribution >= 4 is 21.6 Å². The van der Waals surface area contributed by atoms with Gasteiger partial charge in [0.2, 0.25) is 10.0 Å². The van der Waals surface area contributed by atoms with Crippen LogP contribution in [0.1, 0.15) is 22.1 Å². The maximum atomic E-state index is 12.2. The predicted octanol–water partition coefficient (Wildman–Crippen LogP) is 3.56. The van der Waals surface area contributed by atoms with Crippen molar-refractivity contribution in [1.29, 1.82) is 0 Å². The average molecular weight is 324 g/mol. The lowest BCUT2D eigenvalue weighted by atomic mass is 10.1. The molecule has 2 rings (SSSR count). The molecule has 21 heavy (non-hydrogen) atoms. The fourth-order valence-corrected chi connectivity index (χ4v) is 3.24. The van der Waals surface area contributed by atoms with Crippen molar-refractivity contribution in [3.05, 3.63) is 65.2 Å². The Morgan fingerprint density at radius 1 is 0.952 bits per heavy atom. The number of sulfonamides is 1. The summed E-state index contributed by atoms with van der Waals surface area (Å²) in [4.78, 5) is 0.251. The van der Waals surface area contributed by atoms with Crippen LogP contribution in [0.15, 0.2) is 53.4 Å². The summed E-state index contributed by atoms with van der Waals surface area (Å²) in [6.45, 7) is 4.06. The minimum absolute atomic E-state index is 0.154. The van der Waals surface area contributed by atoms with E-state index in [-0.39, 0.29) is 11.4 Å². The van der Waals surface area contributed by atoms with Gasteiger partial charge < -0.3 is 0 Å². The van der Waals surface area contributed by atoms with Crippen molar-refractivity contribution in [2.75, 3.05) is 6.54 Å². The Labute approximate surface area is 131 Å². The highest BCUT2D eigenvalue weighted by atomic mass is 35.5. The second kappa shape index (κ2) is 6.60. The number of aryl methyl sites for hydroxylation is 2. The molecule has 0 bridgehead atoms. The van der Waals surface area contributed by atoms with Crippen molar-refractivity contribution in [3.8, 4) is 0 Å². The summed E-state index contributed by atoms with van der Waals surface area (Å²) in [7, 11) is -3.52. The lowest BCUT2D eigenvalue weighted by molar-refractivity contribution is 0.580. The molecule has 0 amide bonds. The molecule has 0 saturated heterocycles. The molecule has 0 aliphatic rings. The molecule has 3 nitrogen and oxygen atoms in total. The van der Waals surface area contributed by atoms with E-state index in [0.717, 1.165) is 16.7 Å². The smallest absolute Gasteiger partial charge is 0.209 e. The fourth-order valence-electron chi connectivity index (χ4n) is 1.88. The molecular formula is C16H18ClNO2S. The topological polar surface area (TPSA) is 46.2 Å². The van der Waals surface area contributed by atoms with Crippen LogP contribution in [0.25, 0.3) is 0 Å². The first kappa shape index (κ1) is 16.0. The summed E-state index contributed by atoms with van der Waals surface area (Å²) < 4.78 is 26.9. The van der Waals surface area contributed by atoms with Crippen molar-refractivity contribution < 1.29 is 8.42 Å². The van der Waals surface area contributed by atoms with Crippen molar-refractivity contribution in [3.63, 3.8) is 0 Å². The van der Waals surface area contributed by atoms with E-state index in [2.05, 4.69) is 4.72 Å². The monoisotopic (exact) mass is 323 g/mol. The highest BCUT2D eigenvalue weighted by Gasteiger charge is 2.16. The summed E-state index contributed by atoms with van der Waals surface area (Å²) in [5.41, 5.74) is 3.06. The van der Waals surface area contributed by atoms with E-state index in [1.807, 2.05) is 38.1 Å². The van der Waals surface area contributed by atoms with E-state index in [9.17, 15) is 8.42 Å². The minimum atomic E-state index is -3.52. The third-order valence-corrected chi connectivity index (χ3v) is 5.07. The van der Waals surface area contributed by atoms with Gasteiger partial charge in [0.25, 0.3) is 0 Å². The lowest BCUT2D eigenvalue weighted by Crippen LogP contribution is -2.27. The number of nitrogens with one attached hydrogen (secondary N) is 1. The van der Waals surface area contributed by atoms with E-state index < -0.39 is 15.4 Å². The standard InChI is InChI=1S/C16H18ClNO2S/c1-12-3-7-14(8-4-12)16(17)11-18-21(19,20)15-9-5-13(2)6-10-15/h3-10,16,18H,11H2,1-2H3/t16-/m0/s1. The molecule has 0 unspecified atom stereocenters. The normalized spacial score (nSPS) is 13.1. The minimum Gasteiger partial charge on any atom is -0.209 e. The largest absolute Gasteiger partial charge is 0.240 e. The van der Waals surface area contributed by atoms with Gasteiger partial charge in [0, 0.05) is 6.54 Å². The summed E-state index contributed by atoms with van der Waals surface area (Å²) in [6.07, 6.45) is 0. The molecule has 5 heteroatoms. The lowest BCUT2D eigenvalue weighted by Gasteiger charge is -2.12. The maximum absolute atomic E-state index is 12.2. The van der Waals surface area contributed by atoms with Crippen LogP contribution < -0.4 is 4.72 Å². The van der Waals surface area contributed by atoms with Crippen LogP contribution in [0.5, 0.6) is 0 Å². The molecule has 1 N–H and O–H groups in total. The molecule has 0 fully saturated rings. The predicted molar refractivity (Wildman–Crippen MR) is 86.1 cm³/mol. The van der Waals surface area contributed by atoms with Crippen molar-refractivity contribution in [2.24, 2.45) is 0 Å². The highest BCUT2D eigenvalue weighted by molar-refractivity contribution is 7.89. The van der Waals surface area contributed by atoms with Gasteiger partial charge in [-0.2, -0.15) is 0 Å². The van der Waals surface area contributed by atoms with E-state index in [0.29, 0.717) is 0 Å². The van der Waals surface area contributed by atoms with Gasteiger partial charge in [-0.3, -0.25) is 0 Å². The molecule has 0 spiro atoms. The Bertz CT molecular complexity index is 694. The van der Waals surface area contributed by atoms with Crippen molar-refractivity contribution in [2.45, 2.75) is 24.1 Å². The zero-order valence-electron chi connectivity index (χ0n) is 12.0.